The summed E-state index contributed by atoms with van der Waals surface area (Å²) in [6.45, 7) is 10.8. The maximum atomic E-state index is 11.8. The quantitative estimate of drug-likeness (QED) is 0.457. The monoisotopic (exact) mass is 487 g/mol. The summed E-state index contributed by atoms with van der Waals surface area (Å²) in [7, 11) is 2.00. The Morgan fingerprint density at radius 1 is 1.08 bits per heavy atom. The SMILES string of the molecule is CC(=O)N1CCN(c2nc(N(C)Cc3cc4ccccc4c(C)n3)c3cn(C(C)C)c(O)c3n2)CC1. The minimum Gasteiger partial charge on any atom is -0.493 e. The first-order chi connectivity index (χ1) is 17.2. The molecular weight excluding hydrogens is 454 g/mol. The molecule has 0 spiro atoms. The lowest BCUT2D eigenvalue weighted by molar-refractivity contribution is -0.129. The molecule has 188 valence electrons. The molecule has 1 aliphatic rings. The number of hydrogen-bond donors (Lipinski definition) is 1. The van der Waals surface area contributed by atoms with Crippen LogP contribution in [0.4, 0.5) is 11.8 Å². The van der Waals surface area contributed by atoms with Crippen molar-refractivity contribution in [3.63, 3.8) is 0 Å². The first-order valence-corrected chi connectivity index (χ1v) is 12.4. The van der Waals surface area contributed by atoms with Crippen LogP contribution in [0.1, 0.15) is 38.2 Å². The predicted octanol–water partition coefficient (Wildman–Crippen LogP) is 3.88. The number of piperazine rings is 1. The van der Waals surface area contributed by atoms with Crippen molar-refractivity contribution in [2.75, 3.05) is 43.0 Å². The van der Waals surface area contributed by atoms with Crippen LogP contribution in [-0.4, -0.2) is 68.7 Å². The van der Waals surface area contributed by atoms with Gasteiger partial charge < -0.3 is 24.4 Å². The van der Waals surface area contributed by atoms with E-state index >= 15 is 0 Å². The Balaban J connectivity index is 1.54. The van der Waals surface area contributed by atoms with E-state index < -0.39 is 0 Å². The van der Waals surface area contributed by atoms with Crippen molar-refractivity contribution in [2.45, 2.75) is 40.3 Å². The topological polar surface area (TPSA) is 90.6 Å². The normalized spacial score (nSPS) is 14.3. The van der Waals surface area contributed by atoms with Gasteiger partial charge in [-0.15, -0.1) is 0 Å². The zero-order valence-electron chi connectivity index (χ0n) is 21.6. The summed E-state index contributed by atoms with van der Waals surface area (Å²) in [5, 5.41) is 14.1. The van der Waals surface area contributed by atoms with E-state index in [-0.39, 0.29) is 17.8 Å². The highest BCUT2D eigenvalue weighted by molar-refractivity contribution is 5.94. The number of aromatic hydroxyl groups is 1. The average Bonchev–Trinajstić information content (AvgIpc) is 3.20. The van der Waals surface area contributed by atoms with E-state index in [0.29, 0.717) is 44.2 Å². The first kappa shape index (κ1) is 23.8. The molecule has 1 N–H and O–H groups in total. The van der Waals surface area contributed by atoms with Gasteiger partial charge in [0, 0.05) is 63.5 Å². The second-order valence-corrected chi connectivity index (χ2v) is 9.83. The van der Waals surface area contributed by atoms with Crippen LogP contribution in [0.15, 0.2) is 36.5 Å². The fourth-order valence-electron chi connectivity index (χ4n) is 4.94. The highest BCUT2D eigenvalue weighted by Crippen LogP contribution is 2.35. The lowest BCUT2D eigenvalue weighted by Gasteiger charge is -2.34. The third-order valence-electron chi connectivity index (χ3n) is 6.95. The number of carbonyl (C=O) groups is 1. The lowest BCUT2D eigenvalue weighted by atomic mass is 10.1. The van der Waals surface area contributed by atoms with Gasteiger partial charge in [0.1, 0.15) is 11.3 Å². The van der Waals surface area contributed by atoms with Crippen molar-refractivity contribution in [1.82, 2.24) is 24.4 Å². The Morgan fingerprint density at radius 2 is 1.81 bits per heavy atom. The van der Waals surface area contributed by atoms with E-state index in [0.717, 1.165) is 33.4 Å². The average molecular weight is 488 g/mol. The third-order valence-corrected chi connectivity index (χ3v) is 6.95. The number of nitrogens with zero attached hydrogens (tertiary/aromatic N) is 7. The lowest BCUT2D eigenvalue weighted by Crippen LogP contribution is -2.48. The summed E-state index contributed by atoms with van der Waals surface area (Å²) in [4.78, 5) is 32.4. The maximum Gasteiger partial charge on any atom is 0.228 e. The standard InChI is InChI=1S/C27H33N7O2/c1-17(2)34-16-23-24(26(34)36)29-27(33-12-10-32(11-13-33)19(4)35)30-25(23)31(5)15-21-14-20-8-6-7-9-22(20)18(3)28-21/h6-9,14,16-17,36H,10-13,15H2,1-5H3. The minimum atomic E-state index is 0.0738. The molecule has 1 aliphatic heterocycles. The number of carbonyl (C=O) groups excluding carboxylic acids is 1. The molecule has 0 bridgehead atoms. The van der Waals surface area contributed by atoms with Gasteiger partial charge in [-0.05, 0) is 32.2 Å². The van der Waals surface area contributed by atoms with Gasteiger partial charge >= 0.3 is 0 Å². The van der Waals surface area contributed by atoms with E-state index in [1.807, 2.05) is 55.6 Å². The molecule has 1 saturated heterocycles. The Labute approximate surface area is 211 Å². The summed E-state index contributed by atoms with van der Waals surface area (Å²) in [6, 6.07) is 10.5. The second-order valence-electron chi connectivity index (χ2n) is 9.83. The summed E-state index contributed by atoms with van der Waals surface area (Å²) < 4.78 is 1.83. The summed E-state index contributed by atoms with van der Waals surface area (Å²) in [6.07, 6.45) is 1.93. The van der Waals surface area contributed by atoms with Gasteiger partial charge in [0.15, 0.2) is 0 Å². The molecular formula is C27H33N7O2. The third kappa shape index (κ3) is 4.29. The molecule has 9 heteroatoms. The van der Waals surface area contributed by atoms with Gasteiger partial charge in [-0.2, -0.15) is 4.98 Å². The number of fused-ring (bicyclic) bond motifs is 2. The fourth-order valence-corrected chi connectivity index (χ4v) is 4.94. The van der Waals surface area contributed by atoms with Crippen LogP contribution < -0.4 is 9.80 Å². The maximum absolute atomic E-state index is 11.8. The minimum absolute atomic E-state index is 0.0738. The van der Waals surface area contributed by atoms with Crippen molar-refractivity contribution >= 4 is 39.3 Å². The number of rotatable bonds is 5. The second kappa shape index (κ2) is 9.29. The van der Waals surface area contributed by atoms with Crippen LogP contribution in [-0.2, 0) is 11.3 Å². The van der Waals surface area contributed by atoms with Crippen LogP contribution in [0.3, 0.4) is 0 Å². The number of pyridine rings is 1. The van der Waals surface area contributed by atoms with Crippen molar-refractivity contribution in [1.29, 1.82) is 0 Å². The van der Waals surface area contributed by atoms with Crippen LogP contribution in [0.25, 0.3) is 21.7 Å². The zero-order chi connectivity index (χ0) is 25.6. The Morgan fingerprint density at radius 3 is 2.50 bits per heavy atom. The van der Waals surface area contributed by atoms with Gasteiger partial charge in [0.2, 0.25) is 17.7 Å². The summed E-state index contributed by atoms with van der Waals surface area (Å²) in [5.41, 5.74) is 2.48. The molecule has 1 aromatic carbocycles. The predicted molar refractivity (Wildman–Crippen MR) is 143 cm³/mol. The fraction of sp³-hybridized carbons (Fsp3) is 0.407. The largest absolute Gasteiger partial charge is 0.493 e. The van der Waals surface area contributed by atoms with E-state index in [9.17, 15) is 9.90 Å². The van der Waals surface area contributed by atoms with E-state index in [4.69, 9.17) is 15.0 Å². The molecule has 1 fully saturated rings. The van der Waals surface area contributed by atoms with Crippen molar-refractivity contribution < 1.29 is 9.90 Å². The highest BCUT2D eigenvalue weighted by atomic mass is 16.3. The Bertz CT molecular complexity index is 1440. The van der Waals surface area contributed by atoms with Crippen LogP contribution in [0.5, 0.6) is 5.88 Å². The van der Waals surface area contributed by atoms with Crippen molar-refractivity contribution in [3.8, 4) is 5.88 Å². The first-order valence-electron chi connectivity index (χ1n) is 12.4. The molecule has 4 aromatic rings. The van der Waals surface area contributed by atoms with Gasteiger partial charge in [0.25, 0.3) is 0 Å². The molecule has 1 amide bonds. The number of aromatic nitrogens is 4. The Hall–Kier alpha value is -3.88. The molecule has 5 rings (SSSR count). The smallest absolute Gasteiger partial charge is 0.228 e. The highest BCUT2D eigenvalue weighted by Gasteiger charge is 2.25. The van der Waals surface area contributed by atoms with Crippen molar-refractivity contribution in [3.05, 3.63) is 47.9 Å². The van der Waals surface area contributed by atoms with Crippen LogP contribution in [0, 0.1) is 6.92 Å². The van der Waals surface area contributed by atoms with Gasteiger partial charge in [0.05, 0.1) is 17.6 Å². The number of amides is 1. The van der Waals surface area contributed by atoms with E-state index in [2.05, 4.69) is 28.0 Å². The zero-order valence-corrected chi connectivity index (χ0v) is 21.6. The molecule has 0 unspecified atom stereocenters. The molecule has 0 radical (unpaired) electrons. The van der Waals surface area contributed by atoms with Crippen molar-refractivity contribution in [2.24, 2.45) is 0 Å². The Kier molecular flexibility index (Phi) is 6.15. The number of aryl methyl sites for hydroxylation is 1. The molecule has 3 aromatic heterocycles. The molecule has 0 saturated carbocycles. The number of benzene rings is 1. The van der Waals surface area contributed by atoms with Gasteiger partial charge in [-0.3, -0.25) is 9.78 Å². The van der Waals surface area contributed by atoms with E-state index in [1.165, 1.54) is 0 Å². The van der Waals surface area contributed by atoms with Crippen LogP contribution in [0.2, 0.25) is 0 Å². The molecule has 4 heterocycles. The summed E-state index contributed by atoms with van der Waals surface area (Å²) in [5.74, 6) is 1.52. The van der Waals surface area contributed by atoms with Gasteiger partial charge in [-0.25, -0.2) is 4.98 Å². The van der Waals surface area contributed by atoms with E-state index in [1.54, 1.807) is 6.92 Å². The van der Waals surface area contributed by atoms with Crippen LogP contribution >= 0.6 is 0 Å². The molecule has 36 heavy (non-hydrogen) atoms. The number of anilines is 2. The molecule has 9 nitrogen and oxygen atoms in total. The summed E-state index contributed by atoms with van der Waals surface area (Å²) >= 11 is 0. The molecule has 0 aliphatic carbocycles. The van der Waals surface area contributed by atoms with Gasteiger partial charge in [-0.1, -0.05) is 24.3 Å². The molecule has 0 atom stereocenters. The number of hydrogen-bond acceptors (Lipinski definition) is 7.